The third-order valence-corrected chi connectivity index (χ3v) is 11.1. The number of carbonyl (C=O) groups excluding carboxylic acids is 3. The van der Waals surface area contributed by atoms with Crippen LogP contribution >= 0.6 is 11.8 Å². The molecule has 41 heavy (non-hydrogen) atoms. The number of rotatable bonds is 8. The Morgan fingerprint density at radius 1 is 0.951 bits per heavy atom. The fourth-order valence-corrected chi connectivity index (χ4v) is 9.84. The molecule has 3 aromatic rings. The summed E-state index contributed by atoms with van der Waals surface area (Å²) < 4.78 is -1.23. The van der Waals surface area contributed by atoms with E-state index in [-0.39, 0.29) is 30.2 Å². The van der Waals surface area contributed by atoms with Gasteiger partial charge in [-0.1, -0.05) is 62.4 Å². The first kappa shape index (κ1) is 27.8. The van der Waals surface area contributed by atoms with Gasteiger partial charge >= 0.3 is 0 Å². The van der Waals surface area contributed by atoms with E-state index in [9.17, 15) is 19.5 Å². The lowest BCUT2D eigenvalue weighted by molar-refractivity contribution is -0.142. The van der Waals surface area contributed by atoms with E-state index in [2.05, 4.69) is 17.6 Å². The second-order valence-corrected chi connectivity index (χ2v) is 14.2. The number of aliphatic hydroxyl groups is 1. The Hall–Kier alpha value is -3.36. The van der Waals surface area contributed by atoms with Crippen LogP contribution in [-0.4, -0.2) is 55.9 Å². The van der Waals surface area contributed by atoms with Gasteiger partial charge in [0.15, 0.2) is 0 Å². The van der Waals surface area contributed by atoms with E-state index in [0.717, 1.165) is 17.2 Å². The number of anilines is 2. The molecule has 214 valence electrons. The van der Waals surface area contributed by atoms with Crippen molar-refractivity contribution < 1.29 is 19.5 Å². The Bertz CT molecular complexity index is 1500. The molecule has 3 fully saturated rings. The Morgan fingerprint density at radius 3 is 2.34 bits per heavy atom. The molecule has 8 heteroatoms. The van der Waals surface area contributed by atoms with Gasteiger partial charge in [0.2, 0.25) is 17.7 Å². The standard InChI is InChI=1S/C33H37N3O4S/c1-20(2)17-25(19-37)36-28(30(39)35-24-14-13-21-9-7-8-10-22(21)18-24)33-16-15-32(3,41-33)26(27(33)31(36)40)29(38)34-23-11-5-4-6-12-23/h4-14,18,20,25-28,37H,15-17,19H2,1-3H3,(H,34,38)(H,35,39)/t25-,26-,27+,28?,32+,33?/m1/s1. The van der Waals surface area contributed by atoms with Crippen LogP contribution in [0.3, 0.4) is 0 Å². The van der Waals surface area contributed by atoms with E-state index < -0.39 is 33.4 Å². The first-order chi connectivity index (χ1) is 19.7. The number of hydrogen-bond donors (Lipinski definition) is 3. The summed E-state index contributed by atoms with van der Waals surface area (Å²) in [6, 6.07) is 21.7. The molecular weight excluding hydrogens is 534 g/mol. The molecule has 0 aromatic heterocycles. The molecule has 6 rings (SSSR count). The smallest absolute Gasteiger partial charge is 0.248 e. The summed E-state index contributed by atoms with van der Waals surface area (Å²) >= 11 is 1.64. The first-order valence-electron chi connectivity index (χ1n) is 14.5. The highest BCUT2D eigenvalue weighted by molar-refractivity contribution is 8.02. The predicted octanol–water partition coefficient (Wildman–Crippen LogP) is 5.31. The maximum atomic E-state index is 14.4. The zero-order valence-electron chi connectivity index (χ0n) is 23.7. The van der Waals surface area contributed by atoms with Crippen LogP contribution in [0.2, 0.25) is 0 Å². The molecule has 3 aliphatic rings. The number of nitrogens with zero attached hydrogens (tertiary/aromatic N) is 1. The summed E-state index contributed by atoms with van der Waals surface area (Å²) in [6.07, 6.45) is 1.95. The zero-order valence-corrected chi connectivity index (χ0v) is 24.5. The minimum Gasteiger partial charge on any atom is -0.394 e. The zero-order chi connectivity index (χ0) is 28.9. The average molecular weight is 572 g/mol. The molecule has 6 atom stereocenters. The summed E-state index contributed by atoms with van der Waals surface area (Å²) in [7, 11) is 0. The molecule has 3 N–H and O–H groups in total. The van der Waals surface area contributed by atoms with Crippen LogP contribution in [0.25, 0.3) is 10.8 Å². The number of hydrogen-bond acceptors (Lipinski definition) is 5. The molecule has 3 amide bonds. The Morgan fingerprint density at radius 2 is 1.63 bits per heavy atom. The number of para-hydroxylation sites is 1. The lowest BCUT2D eigenvalue weighted by Crippen LogP contribution is -2.55. The van der Waals surface area contributed by atoms with Crippen molar-refractivity contribution in [1.29, 1.82) is 0 Å². The maximum Gasteiger partial charge on any atom is 0.248 e. The molecule has 7 nitrogen and oxygen atoms in total. The van der Waals surface area contributed by atoms with Crippen molar-refractivity contribution >= 4 is 51.6 Å². The number of thioether (sulfide) groups is 1. The number of nitrogens with one attached hydrogen (secondary N) is 2. The van der Waals surface area contributed by atoms with E-state index in [1.54, 1.807) is 16.7 Å². The lowest BCUT2D eigenvalue weighted by atomic mass is 9.66. The van der Waals surface area contributed by atoms with Crippen molar-refractivity contribution in [2.24, 2.45) is 17.8 Å². The third kappa shape index (κ3) is 4.61. The number of carbonyl (C=O) groups is 3. The van der Waals surface area contributed by atoms with Crippen LogP contribution in [0.15, 0.2) is 72.8 Å². The molecule has 3 heterocycles. The van der Waals surface area contributed by atoms with Crippen LogP contribution in [0.5, 0.6) is 0 Å². The van der Waals surface area contributed by atoms with Gasteiger partial charge < -0.3 is 20.6 Å². The quantitative estimate of drug-likeness (QED) is 0.341. The van der Waals surface area contributed by atoms with Crippen molar-refractivity contribution in [3.8, 4) is 0 Å². The highest BCUT2D eigenvalue weighted by atomic mass is 32.2. The van der Waals surface area contributed by atoms with Crippen molar-refractivity contribution in [1.82, 2.24) is 4.90 Å². The van der Waals surface area contributed by atoms with Crippen LogP contribution in [0, 0.1) is 17.8 Å². The molecule has 3 aliphatic heterocycles. The molecule has 0 aliphatic carbocycles. The fraction of sp³-hybridized carbons (Fsp3) is 0.424. The van der Waals surface area contributed by atoms with Crippen LogP contribution in [-0.2, 0) is 14.4 Å². The van der Waals surface area contributed by atoms with E-state index in [4.69, 9.17) is 0 Å². The molecular formula is C33H37N3O4S. The van der Waals surface area contributed by atoms with E-state index in [0.29, 0.717) is 24.2 Å². The number of fused-ring (bicyclic) bond motifs is 2. The average Bonchev–Trinajstić information content (AvgIpc) is 3.52. The van der Waals surface area contributed by atoms with Crippen molar-refractivity contribution in [3.63, 3.8) is 0 Å². The number of amides is 3. The monoisotopic (exact) mass is 571 g/mol. The predicted molar refractivity (Wildman–Crippen MR) is 164 cm³/mol. The van der Waals surface area contributed by atoms with Gasteiger partial charge in [-0.15, -0.1) is 11.8 Å². The first-order valence-corrected chi connectivity index (χ1v) is 15.3. The number of benzene rings is 3. The third-order valence-electron chi connectivity index (χ3n) is 9.15. The van der Waals surface area contributed by atoms with E-state index in [1.807, 2.05) is 86.6 Å². The normalized spacial score (nSPS) is 29.1. The summed E-state index contributed by atoms with van der Waals surface area (Å²) in [6.45, 7) is 5.91. The highest BCUT2D eigenvalue weighted by Crippen LogP contribution is 2.71. The number of likely N-dealkylation sites (tertiary alicyclic amines) is 1. The van der Waals surface area contributed by atoms with Crippen LogP contribution < -0.4 is 10.6 Å². The largest absolute Gasteiger partial charge is 0.394 e. The van der Waals surface area contributed by atoms with Gasteiger partial charge in [-0.25, -0.2) is 0 Å². The lowest BCUT2D eigenvalue weighted by Gasteiger charge is -2.37. The second kappa shape index (κ2) is 10.5. The second-order valence-electron chi connectivity index (χ2n) is 12.3. The molecule has 3 saturated heterocycles. The van der Waals surface area contributed by atoms with Gasteiger partial charge in [-0.05, 0) is 67.1 Å². The summed E-state index contributed by atoms with van der Waals surface area (Å²) in [5.41, 5.74) is 1.34. The van der Waals surface area contributed by atoms with Crippen LogP contribution in [0.1, 0.15) is 40.0 Å². The topological polar surface area (TPSA) is 98.7 Å². The summed E-state index contributed by atoms with van der Waals surface area (Å²) in [5, 5.41) is 18.7. The van der Waals surface area contributed by atoms with Crippen molar-refractivity contribution in [2.75, 3.05) is 17.2 Å². The molecule has 2 bridgehead atoms. The molecule has 0 saturated carbocycles. The minimum absolute atomic E-state index is 0.189. The van der Waals surface area contributed by atoms with Crippen molar-refractivity contribution in [3.05, 3.63) is 72.8 Å². The Kier molecular flexibility index (Phi) is 7.10. The Labute approximate surface area is 245 Å². The minimum atomic E-state index is -0.802. The van der Waals surface area contributed by atoms with Crippen molar-refractivity contribution in [2.45, 2.75) is 61.6 Å². The van der Waals surface area contributed by atoms with E-state index in [1.165, 1.54) is 0 Å². The van der Waals surface area contributed by atoms with Gasteiger partial charge in [0.25, 0.3) is 0 Å². The van der Waals surface area contributed by atoms with Gasteiger partial charge in [-0.3, -0.25) is 14.4 Å². The SMILES string of the molecule is CC(C)C[C@H](CO)N1C(=O)[C@@H]2[C@H](C(=O)Nc3ccccc3)[C@]3(C)CCC2(S3)C1C(=O)Nc1ccc2ccccc2c1. The highest BCUT2D eigenvalue weighted by Gasteiger charge is 2.77. The summed E-state index contributed by atoms with van der Waals surface area (Å²) in [5.74, 6) is -1.68. The molecule has 1 spiro atoms. The van der Waals surface area contributed by atoms with E-state index >= 15 is 0 Å². The van der Waals surface area contributed by atoms with Gasteiger partial charge in [0.05, 0.1) is 29.2 Å². The molecule has 0 radical (unpaired) electrons. The fourth-order valence-electron chi connectivity index (χ4n) is 7.50. The van der Waals surface area contributed by atoms with Crippen LogP contribution in [0.4, 0.5) is 11.4 Å². The van der Waals surface area contributed by atoms with Gasteiger partial charge in [0.1, 0.15) is 6.04 Å². The van der Waals surface area contributed by atoms with Gasteiger partial charge in [-0.2, -0.15) is 0 Å². The Balaban J connectivity index is 1.38. The maximum absolute atomic E-state index is 14.4. The molecule has 3 aromatic carbocycles. The molecule has 2 unspecified atom stereocenters. The summed E-state index contributed by atoms with van der Waals surface area (Å²) in [4.78, 5) is 44.3. The van der Waals surface area contributed by atoms with Gasteiger partial charge in [0, 0.05) is 16.1 Å². The number of aliphatic hydroxyl groups excluding tert-OH is 1.